The van der Waals surface area contributed by atoms with Crippen LogP contribution in [0.15, 0.2) is 53.8 Å². The highest BCUT2D eigenvalue weighted by atomic mass is 35.5. The molecule has 1 aliphatic rings. The summed E-state index contributed by atoms with van der Waals surface area (Å²) in [5.41, 5.74) is 3.10. The Morgan fingerprint density at radius 2 is 1.86 bits per heavy atom. The van der Waals surface area contributed by atoms with Crippen molar-refractivity contribution in [1.29, 1.82) is 0 Å². The van der Waals surface area contributed by atoms with Gasteiger partial charge in [0, 0.05) is 18.8 Å². The van der Waals surface area contributed by atoms with Gasteiger partial charge in [-0.15, -0.1) is 0 Å². The van der Waals surface area contributed by atoms with Gasteiger partial charge in [0.05, 0.1) is 37.6 Å². The molecule has 0 bridgehead atoms. The number of halogens is 2. The van der Waals surface area contributed by atoms with Crippen molar-refractivity contribution in [3.8, 4) is 0 Å². The highest BCUT2D eigenvalue weighted by molar-refractivity contribution is 7.19. The minimum atomic E-state index is -0.795. The lowest BCUT2D eigenvalue weighted by Crippen LogP contribution is -2.38. The van der Waals surface area contributed by atoms with Crippen LogP contribution in [0.4, 0.5) is 0 Å². The molecule has 2 aromatic carbocycles. The van der Waals surface area contributed by atoms with E-state index in [-0.39, 0.29) is 5.57 Å². The van der Waals surface area contributed by atoms with E-state index >= 15 is 0 Å². The van der Waals surface area contributed by atoms with Crippen LogP contribution in [0, 0.1) is 6.92 Å². The molecule has 5 rings (SSSR count). The Bertz CT molecular complexity index is 1570. The summed E-state index contributed by atoms with van der Waals surface area (Å²) in [5, 5.41) is 11.7. The Labute approximate surface area is 228 Å². The zero-order chi connectivity index (χ0) is 26.4. The lowest BCUT2D eigenvalue weighted by atomic mass is 9.95. The number of hydrogen-bond donors (Lipinski definition) is 1. The van der Waals surface area contributed by atoms with Crippen molar-refractivity contribution < 1.29 is 14.7 Å². The molecular weight excluding hydrogens is 531 g/mol. The van der Waals surface area contributed by atoms with Gasteiger partial charge in [-0.3, -0.25) is 14.0 Å². The third kappa shape index (κ3) is 4.32. The molecule has 37 heavy (non-hydrogen) atoms. The van der Waals surface area contributed by atoms with Gasteiger partial charge >= 0.3 is 0 Å². The second kappa shape index (κ2) is 10.1. The zero-order valence-electron chi connectivity index (χ0n) is 20.7. The predicted octanol–water partition coefficient (Wildman–Crippen LogP) is 6.08. The first-order valence-electron chi connectivity index (χ1n) is 12.1. The Balaban J connectivity index is 1.60. The zero-order valence-corrected chi connectivity index (χ0v) is 23.0. The van der Waals surface area contributed by atoms with Crippen LogP contribution in [0.3, 0.4) is 0 Å². The number of amides is 1. The fourth-order valence-electron chi connectivity index (χ4n) is 4.93. The molecule has 0 saturated carbocycles. The first-order valence-corrected chi connectivity index (χ1v) is 13.7. The Hall–Kier alpha value is -2.91. The number of para-hydroxylation sites is 2. The topological polar surface area (TPSA) is 78.2 Å². The van der Waals surface area contributed by atoms with Crippen LogP contribution in [0.1, 0.15) is 40.8 Å². The molecule has 7 nitrogen and oxygen atoms in total. The molecule has 2 aromatic heterocycles. The number of ketones is 1. The number of aliphatic hydroxyl groups is 1. The number of Topliss-reactive ketones (excluding diaryl/α,β-unsaturated/α-hetero) is 1. The number of rotatable bonds is 8. The van der Waals surface area contributed by atoms with Crippen LogP contribution in [0.2, 0.25) is 10.0 Å². The highest BCUT2D eigenvalue weighted by Gasteiger charge is 2.44. The van der Waals surface area contributed by atoms with E-state index < -0.39 is 23.5 Å². The summed E-state index contributed by atoms with van der Waals surface area (Å²) in [6.45, 7) is 8.54. The average molecular weight is 558 g/mol. The van der Waals surface area contributed by atoms with Gasteiger partial charge in [0.2, 0.25) is 5.78 Å². The van der Waals surface area contributed by atoms with Crippen LogP contribution in [-0.2, 0) is 4.79 Å². The predicted molar refractivity (Wildman–Crippen MR) is 148 cm³/mol. The molecule has 192 valence electrons. The van der Waals surface area contributed by atoms with Crippen molar-refractivity contribution in [3.63, 3.8) is 0 Å². The van der Waals surface area contributed by atoms with Crippen LogP contribution in [0.5, 0.6) is 0 Å². The van der Waals surface area contributed by atoms with E-state index in [1.165, 1.54) is 11.3 Å². The van der Waals surface area contributed by atoms with E-state index in [1.807, 2.05) is 35.6 Å². The third-order valence-electron chi connectivity index (χ3n) is 6.95. The molecule has 0 fully saturated rings. The number of fused-ring (bicyclic) bond motifs is 3. The fraction of sp³-hybridized carbons (Fsp3) is 0.296. The lowest BCUT2D eigenvalue weighted by Gasteiger charge is -2.29. The van der Waals surface area contributed by atoms with Crippen molar-refractivity contribution in [3.05, 3.63) is 80.0 Å². The summed E-state index contributed by atoms with van der Waals surface area (Å²) in [4.78, 5) is 36.9. The van der Waals surface area contributed by atoms with Crippen molar-refractivity contribution in [1.82, 2.24) is 19.2 Å². The van der Waals surface area contributed by atoms with E-state index in [9.17, 15) is 14.7 Å². The van der Waals surface area contributed by atoms with Gasteiger partial charge in [0.1, 0.15) is 0 Å². The molecule has 1 unspecified atom stereocenters. The number of carbonyl (C=O) groups excluding carboxylic acids is 2. The molecule has 10 heteroatoms. The maximum atomic E-state index is 14.1. The molecule has 1 N–H and O–H groups in total. The van der Waals surface area contributed by atoms with Gasteiger partial charge in [-0.05, 0) is 49.8 Å². The largest absolute Gasteiger partial charge is 0.503 e. The van der Waals surface area contributed by atoms with Crippen molar-refractivity contribution in [2.75, 3.05) is 26.2 Å². The molecule has 0 saturated heterocycles. The van der Waals surface area contributed by atoms with Crippen LogP contribution in [-0.4, -0.2) is 62.2 Å². The van der Waals surface area contributed by atoms with Crippen LogP contribution in [0.25, 0.3) is 16.0 Å². The van der Waals surface area contributed by atoms with Crippen molar-refractivity contribution in [2.24, 2.45) is 0 Å². The minimum Gasteiger partial charge on any atom is -0.503 e. The smallest absolute Gasteiger partial charge is 0.290 e. The SMILES string of the molecule is CCN(CC)CCN1C(=O)C(O)=C(C(=O)c2sc3nc4ccccc4n3c2C)C1c1ccc(Cl)c(Cl)c1. The van der Waals surface area contributed by atoms with Gasteiger partial charge in [-0.25, -0.2) is 4.98 Å². The number of aliphatic hydroxyl groups excluding tert-OH is 1. The molecule has 0 radical (unpaired) electrons. The highest BCUT2D eigenvalue weighted by Crippen LogP contribution is 2.42. The molecule has 1 amide bonds. The lowest BCUT2D eigenvalue weighted by molar-refractivity contribution is -0.129. The fourth-order valence-corrected chi connectivity index (χ4v) is 6.33. The maximum absolute atomic E-state index is 14.1. The number of aryl methyl sites for hydroxylation is 1. The third-order valence-corrected chi connectivity index (χ3v) is 8.83. The molecule has 3 heterocycles. The van der Waals surface area contributed by atoms with Crippen molar-refractivity contribution in [2.45, 2.75) is 26.8 Å². The van der Waals surface area contributed by atoms with Crippen LogP contribution < -0.4 is 0 Å². The van der Waals surface area contributed by atoms with Gasteiger partial charge in [-0.2, -0.15) is 0 Å². The van der Waals surface area contributed by atoms with E-state index in [0.29, 0.717) is 44.2 Å². The molecule has 1 aliphatic heterocycles. The van der Waals surface area contributed by atoms with E-state index in [2.05, 4.69) is 23.7 Å². The van der Waals surface area contributed by atoms with E-state index in [4.69, 9.17) is 23.2 Å². The normalized spacial score (nSPS) is 16.2. The standard InChI is InChI=1S/C27H26Cl2N4O3S/c1-4-31(5-2)12-13-32-22(16-10-11-17(28)18(29)14-16)21(24(35)26(32)36)23(34)25-15(3)33-20-9-7-6-8-19(20)30-27(33)37-25/h6-11,14,22,35H,4-5,12-13H2,1-3H3. The number of imidazole rings is 1. The Morgan fingerprint density at radius 3 is 2.57 bits per heavy atom. The average Bonchev–Trinajstić information content (AvgIpc) is 3.50. The summed E-state index contributed by atoms with van der Waals surface area (Å²) < 4.78 is 1.94. The molecule has 1 atom stereocenters. The van der Waals surface area contributed by atoms with E-state index in [0.717, 1.165) is 24.1 Å². The number of nitrogens with zero attached hydrogens (tertiary/aromatic N) is 4. The summed E-state index contributed by atoms with van der Waals surface area (Å²) >= 11 is 13.7. The number of aromatic nitrogens is 2. The quantitative estimate of drug-likeness (QED) is 0.266. The van der Waals surface area contributed by atoms with Gasteiger partial charge in [-0.1, -0.05) is 66.6 Å². The number of benzene rings is 2. The molecular formula is C27H26Cl2N4O3S. The minimum absolute atomic E-state index is 0.0415. The number of hydrogen-bond acceptors (Lipinski definition) is 6. The Morgan fingerprint density at radius 1 is 1.14 bits per heavy atom. The molecule has 0 spiro atoms. The number of likely N-dealkylation sites (N-methyl/N-ethyl adjacent to an activating group) is 1. The van der Waals surface area contributed by atoms with Gasteiger partial charge in [0.25, 0.3) is 5.91 Å². The Kier molecular flexibility index (Phi) is 7.02. The van der Waals surface area contributed by atoms with Gasteiger partial charge < -0.3 is 14.9 Å². The number of thiazole rings is 1. The summed E-state index contributed by atoms with van der Waals surface area (Å²) in [6, 6.07) is 12.0. The molecule has 4 aromatic rings. The first-order chi connectivity index (χ1) is 17.8. The molecule has 0 aliphatic carbocycles. The van der Waals surface area contributed by atoms with Crippen LogP contribution >= 0.6 is 34.5 Å². The first kappa shape index (κ1) is 25.7. The summed E-state index contributed by atoms with van der Waals surface area (Å²) in [7, 11) is 0. The maximum Gasteiger partial charge on any atom is 0.290 e. The second-order valence-corrected chi connectivity index (χ2v) is 10.7. The summed E-state index contributed by atoms with van der Waals surface area (Å²) in [5.74, 6) is -1.50. The summed E-state index contributed by atoms with van der Waals surface area (Å²) in [6.07, 6.45) is 0. The second-order valence-electron chi connectivity index (χ2n) is 8.93. The van der Waals surface area contributed by atoms with Crippen molar-refractivity contribution >= 4 is 62.2 Å². The van der Waals surface area contributed by atoms with Gasteiger partial charge in [0.15, 0.2) is 10.7 Å². The number of carbonyl (C=O) groups is 2. The monoisotopic (exact) mass is 556 g/mol. The van der Waals surface area contributed by atoms with E-state index in [1.54, 1.807) is 23.1 Å².